The van der Waals surface area contributed by atoms with Gasteiger partial charge in [-0.2, -0.15) is 0 Å². The molecule has 2 aromatic heterocycles. The molecular weight excluding hydrogens is 553 g/mol. The van der Waals surface area contributed by atoms with Crippen molar-refractivity contribution in [2.45, 2.75) is 46.5 Å². The molecule has 33 heavy (non-hydrogen) atoms. The van der Waals surface area contributed by atoms with Crippen LogP contribution in [0.1, 0.15) is 61.8 Å². The number of ether oxygens (including phenoxy) is 1. The standard InChI is InChI=1S/C25H30Br2FN3O2/c1-4-7-9-21-23(31-12-10-18(28)16-22(31)29-21)24(32)17-14-19(26)25(20(27)15-17)33-13-8-11-30(5-2)6-3/h10,12,14-16H,4-9,11,13H2,1-3H3. The third-order valence-corrected chi connectivity index (χ3v) is 6.84. The molecular formula is C25H30Br2FN3O2. The average molecular weight is 583 g/mol. The Morgan fingerprint density at radius 1 is 1.12 bits per heavy atom. The number of aryl methyl sites for hydroxylation is 1. The molecule has 0 saturated carbocycles. The van der Waals surface area contributed by atoms with Crippen LogP contribution in [0.4, 0.5) is 4.39 Å². The lowest BCUT2D eigenvalue weighted by atomic mass is 10.0. The summed E-state index contributed by atoms with van der Waals surface area (Å²) in [5.41, 5.74) is 2.12. The summed E-state index contributed by atoms with van der Waals surface area (Å²) in [4.78, 5) is 20.5. The first-order valence-electron chi connectivity index (χ1n) is 11.4. The minimum atomic E-state index is -0.374. The number of halogens is 3. The molecule has 0 N–H and O–H groups in total. The first kappa shape index (κ1) is 25.8. The highest BCUT2D eigenvalue weighted by atomic mass is 79.9. The van der Waals surface area contributed by atoms with Crippen LogP contribution in [-0.4, -0.2) is 46.3 Å². The van der Waals surface area contributed by atoms with E-state index in [0.29, 0.717) is 50.3 Å². The predicted octanol–water partition coefficient (Wildman–Crippen LogP) is 6.68. The highest BCUT2D eigenvalue weighted by Crippen LogP contribution is 2.36. The molecule has 0 radical (unpaired) electrons. The number of benzene rings is 1. The molecule has 0 unspecified atom stereocenters. The second kappa shape index (κ2) is 12.1. The van der Waals surface area contributed by atoms with Crippen LogP contribution in [0.5, 0.6) is 5.75 Å². The van der Waals surface area contributed by atoms with Gasteiger partial charge in [-0.1, -0.05) is 27.2 Å². The van der Waals surface area contributed by atoms with Crippen molar-refractivity contribution in [1.29, 1.82) is 0 Å². The van der Waals surface area contributed by atoms with E-state index in [2.05, 4.69) is 62.5 Å². The molecule has 3 rings (SSSR count). The number of ketones is 1. The van der Waals surface area contributed by atoms with E-state index in [4.69, 9.17) is 4.74 Å². The molecule has 0 aliphatic carbocycles. The number of carbonyl (C=O) groups excluding carboxylic acids is 1. The van der Waals surface area contributed by atoms with Crippen molar-refractivity contribution in [2.24, 2.45) is 0 Å². The molecule has 2 heterocycles. The third-order valence-electron chi connectivity index (χ3n) is 5.66. The van der Waals surface area contributed by atoms with Crippen LogP contribution in [0.15, 0.2) is 39.4 Å². The Morgan fingerprint density at radius 2 is 1.82 bits per heavy atom. The normalized spacial score (nSPS) is 11.5. The Labute approximate surface area is 211 Å². The zero-order valence-electron chi connectivity index (χ0n) is 19.3. The van der Waals surface area contributed by atoms with Crippen molar-refractivity contribution in [1.82, 2.24) is 14.3 Å². The van der Waals surface area contributed by atoms with Gasteiger partial charge in [0.25, 0.3) is 0 Å². The fourth-order valence-electron chi connectivity index (χ4n) is 3.80. The number of fused-ring (bicyclic) bond motifs is 1. The summed E-state index contributed by atoms with van der Waals surface area (Å²) < 4.78 is 22.8. The minimum absolute atomic E-state index is 0.158. The monoisotopic (exact) mass is 581 g/mol. The number of aromatic nitrogens is 2. The van der Waals surface area contributed by atoms with Crippen LogP contribution in [-0.2, 0) is 6.42 Å². The van der Waals surface area contributed by atoms with Gasteiger partial charge in [-0.3, -0.25) is 9.20 Å². The molecule has 0 amide bonds. The van der Waals surface area contributed by atoms with Gasteiger partial charge in [0.2, 0.25) is 5.78 Å². The molecule has 5 nitrogen and oxygen atoms in total. The fourth-order valence-corrected chi connectivity index (χ4v) is 5.21. The van der Waals surface area contributed by atoms with E-state index in [1.54, 1.807) is 22.7 Å². The maximum atomic E-state index is 13.7. The fraction of sp³-hybridized carbons (Fsp3) is 0.440. The Hall–Kier alpha value is -1.77. The number of carbonyl (C=O) groups is 1. The van der Waals surface area contributed by atoms with Crippen LogP contribution in [0, 0.1) is 5.82 Å². The zero-order valence-corrected chi connectivity index (χ0v) is 22.5. The van der Waals surface area contributed by atoms with Crippen LogP contribution < -0.4 is 4.74 Å². The number of nitrogens with zero attached hydrogens (tertiary/aromatic N) is 3. The zero-order chi connectivity index (χ0) is 24.0. The minimum Gasteiger partial charge on any atom is -0.491 e. The number of hydrogen-bond acceptors (Lipinski definition) is 4. The Kier molecular flexibility index (Phi) is 9.47. The van der Waals surface area contributed by atoms with Crippen molar-refractivity contribution in [2.75, 3.05) is 26.2 Å². The van der Waals surface area contributed by atoms with Crippen molar-refractivity contribution >= 4 is 43.3 Å². The van der Waals surface area contributed by atoms with Gasteiger partial charge < -0.3 is 9.64 Å². The van der Waals surface area contributed by atoms with Crippen molar-refractivity contribution in [3.63, 3.8) is 0 Å². The maximum Gasteiger partial charge on any atom is 0.211 e. The Bertz CT molecular complexity index is 1090. The van der Waals surface area contributed by atoms with Gasteiger partial charge >= 0.3 is 0 Å². The highest BCUT2D eigenvalue weighted by Gasteiger charge is 2.23. The van der Waals surface area contributed by atoms with Crippen molar-refractivity contribution in [3.05, 3.63) is 62.2 Å². The largest absolute Gasteiger partial charge is 0.491 e. The van der Waals surface area contributed by atoms with Gasteiger partial charge in [-0.25, -0.2) is 9.37 Å². The lowest BCUT2D eigenvalue weighted by Gasteiger charge is -2.18. The van der Waals surface area contributed by atoms with Gasteiger partial charge in [0.1, 0.15) is 22.9 Å². The van der Waals surface area contributed by atoms with E-state index >= 15 is 0 Å². The molecule has 0 fully saturated rings. The van der Waals surface area contributed by atoms with E-state index in [0.717, 1.165) is 38.9 Å². The second-order valence-electron chi connectivity index (χ2n) is 7.91. The van der Waals surface area contributed by atoms with E-state index in [-0.39, 0.29) is 11.6 Å². The van der Waals surface area contributed by atoms with E-state index in [1.165, 1.54) is 12.1 Å². The van der Waals surface area contributed by atoms with Gasteiger partial charge in [0.05, 0.1) is 21.2 Å². The first-order valence-corrected chi connectivity index (χ1v) is 13.0. The van der Waals surface area contributed by atoms with E-state index < -0.39 is 0 Å². The molecule has 3 aromatic rings. The van der Waals surface area contributed by atoms with Crippen molar-refractivity contribution < 1.29 is 13.9 Å². The predicted molar refractivity (Wildman–Crippen MR) is 137 cm³/mol. The summed E-state index contributed by atoms with van der Waals surface area (Å²) in [5.74, 6) is 0.147. The molecule has 0 aliphatic rings. The summed E-state index contributed by atoms with van der Waals surface area (Å²) in [6.45, 7) is 10.0. The van der Waals surface area contributed by atoms with Crippen LogP contribution in [0.3, 0.4) is 0 Å². The molecule has 0 saturated heterocycles. The van der Waals surface area contributed by atoms with Gasteiger partial charge in [-0.05, 0) is 82.4 Å². The summed E-state index contributed by atoms with van der Waals surface area (Å²) in [7, 11) is 0. The molecule has 1 aromatic carbocycles. The lowest BCUT2D eigenvalue weighted by Crippen LogP contribution is -2.25. The number of hydrogen-bond donors (Lipinski definition) is 0. The average Bonchev–Trinajstić information content (AvgIpc) is 3.15. The number of rotatable bonds is 12. The summed E-state index contributed by atoms with van der Waals surface area (Å²) in [5, 5.41) is 0. The summed E-state index contributed by atoms with van der Waals surface area (Å²) in [6.07, 6.45) is 5.03. The molecule has 0 aliphatic heterocycles. The third kappa shape index (κ3) is 6.22. The van der Waals surface area contributed by atoms with Gasteiger partial charge in [0, 0.05) is 24.4 Å². The maximum absolute atomic E-state index is 13.7. The van der Waals surface area contributed by atoms with Crippen molar-refractivity contribution in [3.8, 4) is 5.75 Å². The number of imidazole rings is 1. The number of unbranched alkanes of at least 4 members (excludes halogenated alkanes) is 1. The first-order chi connectivity index (χ1) is 15.9. The van der Waals surface area contributed by atoms with E-state index in [1.807, 2.05) is 0 Å². The molecule has 0 spiro atoms. The lowest BCUT2D eigenvalue weighted by molar-refractivity contribution is 0.103. The van der Waals surface area contributed by atoms with Crippen LogP contribution in [0.2, 0.25) is 0 Å². The smallest absolute Gasteiger partial charge is 0.211 e. The molecule has 0 bridgehead atoms. The van der Waals surface area contributed by atoms with Gasteiger partial charge in [-0.15, -0.1) is 0 Å². The summed E-state index contributed by atoms with van der Waals surface area (Å²) >= 11 is 7.14. The molecule has 8 heteroatoms. The quantitative estimate of drug-likeness (QED) is 0.176. The van der Waals surface area contributed by atoms with Crippen LogP contribution >= 0.6 is 31.9 Å². The number of pyridine rings is 1. The van der Waals surface area contributed by atoms with Gasteiger partial charge in [0.15, 0.2) is 0 Å². The van der Waals surface area contributed by atoms with E-state index in [9.17, 15) is 9.18 Å². The molecule has 0 atom stereocenters. The SMILES string of the molecule is CCCCc1nc2cc(F)ccn2c1C(=O)c1cc(Br)c(OCCCN(CC)CC)c(Br)c1. The Morgan fingerprint density at radius 3 is 2.45 bits per heavy atom. The summed E-state index contributed by atoms with van der Waals surface area (Å²) in [6, 6.07) is 6.25. The van der Waals surface area contributed by atoms with Crippen LogP contribution in [0.25, 0.3) is 5.65 Å². The second-order valence-corrected chi connectivity index (χ2v) is 9.62. The topological polar surface area (TPSA) is 46.8 Å². The molecule has 178 valence electrons. The highest BCUT2D eigenvalue weighted by molar-refractivity contribution is 9.11. The Balaban J connectivity index is 1.85.